The first kappa shape index (κ1) is 24.5. The zero-order chi connectivity index (χ0) is 19.9. The SMILES string of the molecule is CCNC(=NCc1ccc(OC)cc1OC)NCc1nc(C(C)(C)C)cs1.I. The molecule has 0 bridgehead atoms. The van der Waals surface area contributed by atoms with Gasteiger partial charge >= 0.3 is 0 Å². The number of aromatic nitrogens is 1. The van der Waals surface area contributed by atoms with Gasteiger partial charge in [0.25, 0.3) is 0 Å². The first-order valence-electron chi connectivity index (χ1n) is 9.05. The molecule has 0 aliphatic heterocycles. The number of rotatable bonds is 7. The normalized spacial score (nSPS) is 11.6. The smallest absolute Gasteiger partial charge is 0.191 e. The van der Waals surface area contributed by atoms with Crippen molar-refractivity contribution in [3.63, 3.8) is 0 Å². The Morgan fingerprint density at radius 3 is 2.50 bits per heavy atom. The van der Waals surface area contributed by atoms with E-state index in [0.29, 0.717) is 13.1 Å². The molecule has 2 aromatic rings. The van der Waals surface area contributed by atoms with E-state index >= 15 is 0 Å². The molecule has 0 aliphatic carbocycles. The number of benzene rings is 1. The van der Waals surface area contributed by atoms with Gasteiger partial charge < -0.3 is 20.1 Å². The Balaban J connectivity index is 0.00000392. The summed E-state index contributed by atoms with van der Waals surface area (Å²) in [6.45, 7) is 10.5. The maximum atomic E-state index is 5.45. The molecule has 0 unspecified atom stereocenters. The van der Waals surface area contributed by atoms with Gasteiger partial charge in [-0.1, -0.05) is 20.8 Å². The molecule has 1 aromatic carbocycles. The average Bonchev–Trinajstić information content (AvgIpc) is 3.13. The zero-order valence-corrected chi connectivity index (χ0v) is 20.6. The van der Waals surface area contributed by atoms with Gasteiger partial charge in [-0.25, -0.2) is 9.98 Å². The summed E-state index contributed by atoms with van der Waals surface area (Å²) in [6.07, 6.45) is 0. The van der Waals surface area contributed by atoms with Gasteiger partial charge in [0.2, 0.25) is 0 Å². The van der Waals surface area contributed by atoms with E-state index in [1.165, 1.54) is 0 Å². The third kappa shape index (κ3) is 7.12. The molecule has 0 saturated carbocycles. The summed E-state index contributed by atoms with van der Waals surface area (Å²) < 4.78 is 10.7. The lowest BCUT2D eigenvalue weighted by Gasteiger charge is -2.14. The van der Waals surface area contributed by atoms with Crippen LogP contribution in [0.2, 0.25) is 0 Å². The maximum Gasteiger partial charge on any atom is 0.191 e. The van der Waals surface area contributed by atoms with Crippen molar-refractivity contribution >= 4 is 41.3 Å². The summed E-state index contributed by atoms with van der Waals surface area (Å²) >= 11 is 1.67. The number of nitrogens with zero attached hydrogens (tertiary/aromatic N) is 2. The molecule has 8 heteroatoms. The molecule has 0 fully saturated rings. The predicted molar refractivity (Wildman–Crippen MR) is 127 cm³/mol. The fraction of sp³-hybridized carbons (Fsp3) is 0.500. The number of methoxy groups -OCH3 is 2. The minimum absolute atomic E-state index is 0. The van der Waals surface area contributed by atoms with Crippen molar-refractivity contribution in [2.45, 2.75) is 46.2 Å². The van der Waals surface area contributed by atoms with Crippen LogP contribution in [0.1, 0.15) is 44.0 Å². The van der Waals surface area contributed by atoms with Gasteiger partial charge in [-0.15, -0.1) is 35.3 Å². The van der Waals surface area contributed by atoms with Crippen LogP contribution in [0.4, 0.5) is 0 Å². The van der Waals surface area contributed by atoms with Crippen LogP contribution < -0.4 is 20.1 Å². The van der Waals surface area contributed by atoms with Gasteiger partial charge in [-0.2, -0.15) is 0 Å². The Hall–Kier alpha value is -1.55. The van der Waals surface area contributed by atoms with Crippen LogP contribution in [0.15, 0.2) is 28.6 Å². The number of guanidine groups is 1. The molecule has 6 nitrogen and oxygen atoms in total. The van der Waals surface area contributed by atoms with E-state index in [1.807, 2.05) is 25.1 Å². The van der Waals surface area contributed by atoms with Gasteiger partial charge in [-0.3, -0.25) is 0 Å². The van der Waals surface area contributed by atoms with E-state index in [1.54, 1.807) is 25.6 Å². The van der Waals surface area contributed by atoms with Crippen molar-refractivity contribution in [1.29, 1.82) is 0 Å². The van der Waals surface area contributed by atoms with Crippen LogP contribution in [0, 0.1) is 0 Å². The first-order valence-corrected chi connectivity index (χ1v) is 9.93. The number of thiazole rings is 1. The number of ether oxygens (including phenoxy) is 2. The van der Waals surface area contributed by atoms with E-state index in [0.717, 1.165) is 40.3 Å². The lowest BCUT2D eigenvalue weighted by atomic mass is 9.93. The van der Waals surface area contributed by atoms with E-state index in [9.17, 15) is 0 Å². The van der Waals surface area contributed by atoms with E-state index < -0.39 is 0 Å². The molecular formula is C20H31IN4O2S. The van der Waals surface area contributed by atoms with E-state index in [2.05, 4.69) is 41.8 Å². The van der Waals surface area contributed by atoms with Crippen LogP contribution in [0.3, 0.4) is 0 Å². The van der Waals surface area contributed by atoms with E-state index in [-0.39, 0.29) is 29.4 Å². The molecule has 0 aliphatic rings. The Morgan fingerprint density at radius 1 is 1.18 bits per heavy atom. The fourth-order valence-corrected chi connectivity index (χ4v) is 3.34. The van der Waals surface area contributed by atoms with Crippen molar-refractivity contribution in [2.24, 2.45) is 4.99 Å². The molecule has 0 atom stereocenters. The maximum absolute atomic E-state index is 5.45. The Morgan fingerprint density at radius 2 is 1.93 bits per heavy atom. The highest BCUT2D eigenvalue weighted by molar-refractivity contribution is 14.0. The number of hydrogen-bond donors (Lipinski definition) is 2. The number of halogens is 1. The molecular weight excluding hydrogens is 487 g/mol. The summed E-state index contributed by atoms with van der Waals surface area (Å²) in [6, 6.07) is 5.76. The Labute approximate surface area is 189 Å². The molecule has 1 aromatic heterocycles. The second-order valence-electron chi connectivity index (χ2n) is 7.10. The highest BCUT2D eigenvalue weighted by atomic mass is 127. The molecule has 28 heavy (non-hydrogen) atoms. The van der Waals surface area contributed by atoms with Gasteiger partial charge in [0.1, 0.15) is 16.5 Å². The standard InChI is InChI=1S/C20H30N4O2S.HI/c1-7-21-19(23-12-18-24-17(13-27-18)20(2,3)4)22-11-14-8-9-15(25-5)10-16(14)26-6;/h8-10,13H,7,11-12H2,1-6H3,(H2,21,22,23);1H. The minimum Gasteiger partial charge on any atom is -0.497 e. The molecule has 0 amide bonds. The summed E-state index contributed by atoms with van der Waals surface area (Å²) in [5.74, 6) is 2.29. The summed E-state index contributed by atoms with van der Waals surface area (Å²) in [5, 5.41) is 9.80. The average molecular weight is 518 g/mol. The lowest BCUT2D eigenvalue weighted by Crippen LogP contribution is -2.36. The molecule has 0 radical (unpaired) electrons. The summed E-state index contributed by atoms with van der Waals surface area (Å²) in [4.78, 5) is 9.39. The Kier molecular flexibility index (Phi) is 10.0. The number of aliphatic imine (C=N–C) groups is 1. The Bertz CT molecular complexity index is 772. The highest BCUT2D eigenvalue weighted by Gasteiger charge is 2.17. The second kappa shape index (κ2) is 11.5. The summed E-state index contributed by atoms with van der Waals surface area (Å²) in [5.41, 5.74) is 2.19. The van der Waals surface area contributed by atoms with E-state index in [4.69, 9.17) is 14.5 Å². The minimum atomic E-state index is 0. The largest absolute Gasteiger partial charge is 0.497 e. The molecule has 0 saturated heterocycles. The monoisotopic (exact) mass is 518 g/mol. The lowest BCUT2D eigenvalue weighted by molar-refractivity contribution is 0.391. The van der Waals surface area contributed by atoms with Crippen LogP contribution >= 0.6 is 35.3 Å². The van der Waals surface area contributed by atoms with Crippen molar-refractivity contribution in [2.75, 3.05) is 20.8 Å². The van der Waals surface area contributed by atoms with Gasteiger partial charge in [0.05, 0.1) is 33.0 Å². The quantitative estimate of drug-likeness (QED) is 0.325. The zero-order valence-electron chi connectivity index (χ0n) is 17.5. The molecule has 1 heterocycles. The van der Waals surface area contributed by atoms with Gasteiger partial charge in [0.15, 0.2) is 5.96 Å². The van der Waals surface area contributed by atoms with Crippen LogP contribution in [-0.4, -0.2) is 31.7 Å². The molecule has 2 N–H and O–H groups in total. The third-order valence-corrected chi connectivity index (χ3v) is 4.82. The highest BCUT2D eigenvalue weighted by Crippen LogP contribution is 2.25. The van der Waals surface area contributed by atoms with Crippen LogP contribution in [0.5, 0.6) is 11.5 Å². The fourth-order valence-electron chi connectivity index (χ4n) is 2.38. The van der Waals surface area contributed by atoms with Gasteiger partial charge in [-0.05, 0) is 19.1 Å². The third-order valence-electron chi connectivity index (χ3n) is 3.97. The second-order valence-corrected chi connectivity index (χ2v) is 8.05. The number of nitrogens with one attached hydrogen (secondary N) is 2. The molecule has 156 valence electrons. The topological polar surface area (TPSA) is 67.8 Å². The predicted octanol–water partition coefficient (Wildman–Crippen LogP) is 4.33. The molecule has 0 spiro atoms. The van der Waals surface area contributed by atoms with Crippen molar-refractivity contribution in [3.05, 3.63) is 39.8 Å². The summed E-state index contributed by atoms with van der Waals surface area (Å²) in [7, 11) is 3.30. The van der Waals surface area contributed by atoms with Gasteiger partial charge in [0, 0.05) is 29.0 Å². The van der Waals surface area contributed by atoms with Crippen molar-refractivity contribution in [3.8, 4) is 11.5 Å². The van der Waals surface area contributed by atoms with Crippen LogP contribution in [-0.2, 0) is 18.5 Å². The first-order chi connectivity index (χ1) is 12.9. The van der Waals surface area contributed by atoms with Crippen molar-refractivity contribution in [1.82, 2.24) is 15.6 Å². The van der Waals surface area contributed by atoms with Crippen molar-refractivity contribution < 1.29 is 9.47 Å². The van der Waals surface area contributed by atoms with Crippen LogP contribution in [0.25, 0.3) is 0 Å². The number of hydrogen-bond acceptors (Lipinski definition) is 5. The molecule has 2 rings (SSSR count).